The van der Waals surface area contributed by atoms with E-state index >= 15 is 0 Å². The average Bonchev–Trinajstić information content (AvgIpc) is 3.00. The molecule has 0 aromatic heterocycles. The first-order valence-electron chi connectivity index (χ1n) is 9.48. The molecule has 0 radical (unpaired) electrons. The molecule has 23 heavy (non-hydrogen) atoms. The van der Waals surface area contributed by atoms with Crippen LogP contribution in [0, 0.1) is 5.92 Å². The van der Waals surface area contributed by atoms with Crippen LogP contribution < -0.4 is 5.32 Å². The molecular weight excluding hydrogens is 288 g/mol. The standard InChI is InChI=1S/C19H36N2O2/c1-14(15-8-6-7-9-15)20-16-10-12-17(13-11-16)21(5)18(22)23-19(2,3)4/h14-17,20H,6-13H2,1-5H3. The van der Waals surface area contributed by atoms with E-state index in [1.165, 1.54) is 25.7 Å². The predicted molar refractivity (Wildman–Crippen MR) is 94.6 cm³/mol. The SMILES string of the molecule is CC(NC1CCC(N(C)C(=O)OC(C)(C)C)CC1)C1CCCC1. The molecule has 1 N–H and O–H groups in total. The van der Waals surface area contributed by atoms with E-state index in [2.05, 4.69) is 12.2 Å². The summed E-state index contributed by atoms with van der Waals surface area (Å²) in [5, 5.41) is 3.85. The summed E-state index contributed by atoms with van der Waals surface area (Å²) in [6.45, 7) is 8.12. The van der Waals surface area contributed by atoms with E-state index in [-0.39, 0.29) is 6.09 Å². The number of ether oxygens (including phenoxy) is 1. The van der Waals surface area contributed by atoms with Crippen molar-refractivity contribution >= 4 is 6.09 Å². The highest BCUT2D eigenvalue weighted by atomic mass is 16.6. The minimum atomic E-state index is -0.416. The first-order chi connectivity index (χ1) is 10.8. The van der Waals surface area contributed by atoms with Gasteiger partial charge in [-0.1, -0.05) is 12.8 Å². The van der Waals surface area contributed by atoms with E-state index in [1.807, 2.05) is 32.7 Å². The van der Waals surface area contributed by atoms with Crippen molar-refractivity contribution in [3.63, 3.8) is 0 Å². The van der Waals surface area contributed by atoms with Gasteiger partial charge >= 0.3 is 6.09 Å². The number of nitrogens with zero attached hydrogens (tertiary/aromatic N) is 1. The fourth-order valence-corrected chi connectivity index (χ4v) is 4.08. The van der Waals surface area contributed by atoms with E-state index in [0.717, 1.165) is 31.6 Å². The Kier molecular flexibility index (Phi) is 6.35. The van der Waals surface area contributed by atoms with Gasteiger partial charge in [-0.3, -0.25) is 0 Å². The van der Waals surface area contributed by atoms with Crippen LogP contribution in [0.2, 0.25) is 0 Å². The third-order valence-electron chi connectivity index (χ3n) is 5.53. The minimum Gasteiger partial charge on any atom is -0.444 e. The maximum atomic E-state index is 12.2. The van der Waals surface area contributed by atoms with Crippen LogP contribution in [-0.4, -0.2) is 41.8 Å². The van der Waals surface area contributed by atoms with Crippen LogP contribution in [0.1, 0.15) is 79.1 Å². The van der Waals surface area contributed by atoms with Gasteiger partial charge in [-0.15, -0.1) is 0 Å². The second-order valence-electron chi connectivity index (χ2n) is 8.60. The summed E-state index contributed by atoms with van der Waals surface area (Å²) in [6, 6.07) is 1.58. The molecule has 134 valence electrons. The maximum Gasteiger partial charge on any atom is 0.410 e. The Bertz CT molecular complexity index is 377. The Balaban J connectivity index is 1.73. The summed E-state index contributed by atoms with van der Waals surface area (Å²) in [5.74, 6) is 0.872. The van der Waals surface area contributed by atoms with Crippen molar-refractivity contribution in [2.24, 2.45) is 5.92 Å². The van der Waals surface area contributed by atoms with E-state index < -0.39 is 5.60 Å². The van der Waals surface area contributed by atoms with Gasteiger partial charge in [0.05, 0.1) is 0 Å². The molecule has 0 heterocycles. The van der Waals surface area contributed by atoms with Crippen molar-refractivity contribution < 1.29 is 9.53 Å². The summed E-state index contributed by atoms with van der Waals surface area (Å²) in [4.78, 5) is 14.0. The van der Waals surface area contributed by atoms with Gasteiger partial charge in [-0.05, 0) is 72.1 Å². The van der Waals surface area contributed by atoms with Crippen molar-refractivity contribution in [3.8, 4) is 0 Å². The average molecular weight is 325 g/mol. The zero-order valence-corrected chi connectivity index (χ0v) is 15.7. The fraction of sp³-hybridized carbons (Fsp3) is 0.947. The van der Waals surface area contributed by atoms with Crippen molar-refractivity contribution in [1.82, 2.24) is 10.2 Å². The molecule has 0 spiro atoms. The molecule has 1 amide bonds. The molecule has 0 aromatic carbocycles. The molecule has 4 heteroatoms. The number of carbonyl (C=O) groups is 1. The largest absolute Gasteiger partial charge is 0.444 e. The Morgan fingerprint density at radius 3 is 2.17 bits per heavy atom. The number of hydrogen-bond acceptors (Lipinski definition) is 3. The van der Waals surface area contributed by atoms with Gasteiger partial charge in [0.15, 0.2) is 0 Å². The topological polar surface area (TPSA) is 41.6 Å². The summed E-state index contributed by atoms with van der Waals surface area (Å²) in [6.07, 6.45) is 9.89. The lowest BCUT2D eigenvalue weighted by Gasteiger charge is -2.37. The summed E-state index contributed by atoms with van der Waals surface area (Å²) >= 11 is 0. The van der Waals surface area contributed by atoms with E-state index in [1.54, 1.807) is 0 Å². The number of nitrogens with one attached hydrogen (secondary N) is 1. The summed E-state index contributed by atoms with van der Waals surface area (Å²) in [7, 11) is 1.88. The van der Waals surface area contributed by atoms with Crippen molar-refractivity contribution in [2.45, 2.75) is 103 Å². The lowest BCUT2D eigenvalue weighted by Crippen LogP contribution is -2.47. The smallest absolute Gasteiger partial charge is 0.410 e. The van der Waals surface area contributed by atoms with Gasteiger partial charge in [-0.2, -0.15) is 0 Å². The Morgan fingerprint density at radius 1 is 1.09 bits per heavy atom. The summed E-state index contributed by atoms with van der Waals surface area (Å²) < 4.78 is 5.48. The highest BCUT2D eigenvalue weighted by molar-refractivity contribution is 5.68. The molecule has 0 aliphatic heterocycles. The molecule has 4 nitrogen and oxygen atoms in total. The number of rotatable bonds is 4. The zero-order chi connectivity index (χ0) is 17.0. The molecule has 2 rings (SSSR count). The van der Waals surface area contributed by atoms with Crippen molar-refractivity contribution in [2.75, 3.05) is 7.05 Å². The molecule has 2 aliphatic carbocycles. The maximum absolute atomic E-state index is 12.2. The van der Waals surface area contributed by atoms with Gasteiger partial charge in [0.2, 0.25) is 0 Å². The minimum absolute atomic E-state index is 0.187. The third kappa shape index (κ3) is 5.66. The molecule has 1 unspecified atom stereocenters. The van der Waals surface area contributed by atoms with Gasteiger partial charge < -0.3 is 15.0 Å². The monoisotopic (exact) mass is 324 g/mol. The van der Waals surface area contributed by atoms with Crippen LogP contribution in [0.3, 0.4) is 0 Å². The highest BCUT2D eigenvalue weighted by Crippen LogP contribution is 2.29. The molecule has 1 atom stereocenters. The van der Waals surface area contributed by atoms with Crippen LogP contribution >= 0.6 is 0 Å². The van der Waals surface area contributed by atoms with E-state index in [9.17, 15) is 4.79 Å². The second-order valence-corrected chi connectivity index (χ2v) is 8.60. The van der Waals surface area contributed by atoms with E-state index in [4.69, 9.17) is 4.74 Å². The van der Waals surface area contributed by atoms with Crippen LogP contribution in [0.25, 0.3) is 0 Å². The van der Waals surface area contributed by atoms with Crippen LogP contribution in [0.4, 0.5) is 4.79 Å². The second kappa shape index (κ2) is 7.87. The third-order valence-corrected chi connectivity index (χ3v) is 5.53. The molecule has 0 aromatic rings. The van der Waals surface area contributed by atoms with Crippen molar-refractivity contribution in [1.29, 1.82) is 0 Å². The number of amides is 1. The van der Waals surface area contributed by atoms with Crippen LogP contribution in [0.15, 0.2) is 0 Å². The number of hydrogen-bond donors (Lipinski definition) is 1. The predicted octanol–water partition coefficient (Wildman–Crippen LogP) is 4.33. The Morgan fingerprint density at radius 2 is 1.65 bits per heavy atom. The molecule has 2 aliphatic rings. The lowest BCUT2D eigenvalue weighted by molar-refractivity contribution is 0.0177. The van der Waals surface area contributed by atoms with Gasteiger partial charge in [0, 0.05) is 25.2 Å². The quantitative estimate of drug-likeness (QED) is 0.836. The normalized spacial score (nSPS) is 27.7. The lowest BCUT2D eigenvalue weighted by atomic mass is 9.89. The Labute approximate surface area is 142 Å². The molecule has 0 saturated heterocycles. The fourth-order valence-electron chi connectivity index (χ4n) is 4.08. The zero-order valence-electron chi connectivity index (χ0n) is 15.7. The first-order valence-corrected chi connectivity index (χ1v) is 9.48. The highest BCUT2D eigenvalue weighted by Gasteiger charge is 2.30. The van der Waals surface area contributed by atoms with Crippen LogP contribution in [0.5, 0.6) is 0 Å². The van der Waals surface area contributed by atoms with E-state index in [0.29, 0.717) is 18.1 Å². The first kappa shape index (κ1) is 18.6. The molecule has 2 saturated carbocycles. The van der Waals surface area contributed by atoms with Crippen LogP contribution in [-0.2, 0) is 4.74 Å². The summed E-state index contributed by atoms with van der Waals surface area (Å²) in [5.41, 5.74) is -0.416. The molecule has 2 fully saturated rings. The molecular formula is C19H36N2O2. The van der Waals surface area contributed by atoms with Gasteiger partial charge in [0.25, 0.3) is 0 Å². The van der Waals surface area contributed by atoms with Gasteiger partial charge in [0.1, 0.15) is 5.60 Å². The van der Waals surface area contributed by atoms with Crippen molar-refractivity contribution in [3.05, 3.63) is 0 Å². The number of carbonyl (C=O) groups excluding carboxylic acids is 1. The van der Waals surface area contributed by atoms with Gasteiger partial charge in [-0.25, -0.2) is 4.79 Å². The molecule has 0 bridgehead atoms. The Hall–Kier alpha value is -0.770.